The van der Waals surface area contributed by atoms with Crippen molar-refractivity contribution in [2.45, 2.75) is 19.8 Å². The molecule has 0 saturated carbocycles. The lowest BCUT2D eigenvalue weighted by atomic mass is 10.0. The molecule has 1 saturated heterocycles. The standard InChI is InChI=1S/C19H21N7O/c1-13-16(9-20-12-24-13)19(27)26-5-3-14(11-26)7-15-8-23-17(10-22-15)18-21-4-6-25(18)2/h4,6,8-10,12,14H,3,5,7,11H2,1-2H3/t14-/m1/s1. The van der Waals surface area contributed by atoms with E-state index in [0.717, 1.165) is 43.1 Å². The molecule has 138 valence electrons. The van der Waals surface area contributed by atoms with Gasteiger partial charge in [0, 0.05) is 44.9 Å². The van der Waals surface area contributed by atoms with Gasteiger partial charge in [-0.05, 0) is 25.7 Å². The van der Waals surface area contributed by atoms with Crippen LogP contribution in [0.5, 0.6) is 0 Å². The number of likely N-dealkylation sites (tertiary alicyclic amines) is 1. The molecule has 0 N–H and O–H groups in total. The van der Waals surface area contributed by atoms with Crippen LogP contribution in [0.25, 0.3) is 11.5 Å². The van der Waals surface area contributed by atoms with Crippen LogP contribution >= 0.6 is 0 Å². The first-order valence-corrected chi connectivity index (χ1v) is 8.96. The minimum absolute atomic E-state index is 0.00631. The molecular formula is C19H21N7O. The first kappa shape index (κ1) is 17.3. The van der Waals surface area contributed by atoms with Crippen molar-refractivity contribution in [2.24, 2.45) is 13.0 Å². The summed E-state index contributed by atoms with van der Waals surface area (Å²) in [5.41, 5.74) is 2.99. The van der Waals surface area contributed by atoms with E-state index in [1.807, 2.05) is 35.8 Å². The molecule has 1 aliphatic rings. The zero-order valence-electron chi connectivity index (χ0n) is 15.4. The van der Waals surface area contributed by atoms with Crippen LogP contribution in [0.15, 0.2) is 37.3 Å². The smallest absolute Gasteiger partial charge is 0.257 e. The number of aryl methyl sites for hydroxylation is 2. The van der Waals surface area contributed by atoms with Gasteiger partial charge >= 0.3 is 0 Å². The molecule has 8 heteroatoms. The Morgan fingerprint density at radius 1 is 1.19 bits per heavy atom. The van der Waals surface area contributed by atoms with Gasteiger partial charge in [-0.3, -0.25) is 9.78 Å². The van der Waals surface area contributed by atoms with Crippen molar-refractivity contribution >= 4 is 5.91 Å². The van der Waals surface area contributed by atoms with Crippen molar-refractivity contribution in [3.05, 3.63) is 54.3 Å². The molecule has 8 nitrogen and oxygen atoms in total. The van der Waals surface area contributed by atoms with Crippen molar-refractivity contribution in [3.63, 3.8) is 0 Å². The molecule has 27 heavy (non-hydrogen) atoms. The van der Waals surface area contributed by atoms with Crippen LogP contribution in [0.3, 0.4) is 0 Å². The minimum Gasteiger partial charge on any atom is -0.338 e. The Hall–Kier alpha value is -3.16. The molecule has 3 aromatic heterocycles. The van der Waals surface area contributed by atoms with Gasteiger partial charge in [-0.2, -0.15) is 0 Å². The van der Waals surface area contributed by atoms with Crippen LogP contribution in [-0.4, -0.2) is 53.4 Å². The molecule has 1 atom stereocenters. The lowest BCUT2D eigenvalue weighted by Gasteiger charge is -2.17. The number of rotatable bonds is 4. The van der Waals surface area contributed by atoms with Crippen LogP contribution in [0, 0.1) is 12.8 Å². The maximum absolute atomic E-state index is 12.7. The van der Waals surface area contributed by atoms with E-state index in [1.54, 1.807) is 18.6 Å². The molecule has 1 fully saturated rings. The van der Waals surface area contributed by atoms with Gasteiger partial charge in [0.05, 0.1) is 23.1 Å². The Bertz CT molecular complexity index is 951. The Morgan fingerprint density at radius 3 is 2.78 bits per heavy atom. The second-order valence-corrected chi connectivity index (χ2v) is 6.89. The lowest BCUT2D eigenvalue weighted by molar-refractivity contribution is 0.0785. The van der Waals surface area contributed by atoms with Crippen molar-refractivity contribution in [1.29, 1.82) is 0 Å². The summed E-state index contributed by atoms with van der Waals surface area (Å²) in [7, 11) is 1.93. The fourth-order valence-corrected chi connectivity index (χ4v) is 3.44. The predicted octanol–water partition coefficient (Wildman–Crippen LogP) is 1.68. The van der Waals surface area contributed by atoms with Crippen molar-refractivity contribution in [3.8, 4) is 11.5 Å². The van der Waals surface area contributed by atoms with Gasteiger partial charge < -0.3 is 9.47 Å². The first-order valence-electron chi connectivity index (χ1n) is 8.96. The van der Waals surface area contributed by atoms with Crippen LogP contribution in [0.4, 0.5) is 0 Å². The van der Waals surface area contributed by atoms with Crippen molar-refractivity contribution in [2.75, 3.05) is 13.1 Å². The highest BCUT2D eigenvalue weighted by Gasteiger charge is 2.28. The van der Waals surface area contributed by atoms with E-state index in [0.29, 0.717) is 17.2 Å². The van der Waals surface area contributed by atoms with Gasteiger partial charge in [0.1, 0.15) is 12.0 Å². The molecule has 0 radical (unpaired) electrons. The number of carbonyl (C=O) groups excluding carboxylic acids is 1. The second kappa shape index (κ2) is 7.22. The van der Waals surface area contributed by atoms with E-state index in [9.17, 15) is 4.79 Å². The topological polar surface area (TPSA) is 89.7 Å². The zero-order chi connectivity index (χ0) is 18.8. The fraction of sp³-hybridized carbons (Fsp3) is 0.368. The van der Waals surface area contributed by atoms with Gasteiger partial charge in [-0.25, -0.2) is 19.9 Å². The van der Waals surface area contributed by atoms with Gasteiger partial charge in [-0.15, -0.1) is 0 Å². The summed E-state index contributed by atoms with van der Waals surface area (Å²) >= 11 is 0. The molecule has 1 aliphatic heterocycles. The number of hydrogen-bond acceptors (Lipinski definition) is 6. The molecule has 0 aromatic carbocycles. The van der Waals surface area contributed by atoms with Gasteiger partial charge in [0.15, 0.2) is 5.82 Å². The summed E-state index contributed by atoms with van der Waals surface area (Å²) in [5.74, 6) is 1.19. The van der Waals surface area contributed by atoms with Crippen LogP contribution < -0.4 is 0 Å². The number of hydrogen-bond donors (Lipinski definition) is 0. The Labute approximate surface area is 157 Å². The van der Waals surface area contributed by atoms with E-state index in [-0.39, 0.29) is 5.91 Å². The Morgan fingerprint density at radius 2 is 2.07 bits per heavy atom. The van der Waals surface area contributed by atoms with Crippen LogP contribution in [0.2, 0.25) is 0 Å². The third kappa shape index (κ3) is 3.55. The highest BCUT2D eigenvalue weighted by Crippen LogP contribution is 2.22. The second-order valence-electron chi connectivity index (χ2n) is 6.89. The van der Waals surface area contributed by atoms with E-state index < -0.39 is 0 Å². The van der Waals surface area contributed by atoms with E-state index in [1.165, 1.54) is 6.33 Å². The summed E-state index contributed by atoms with van der Waals surface area (Å²) in [5, 5.41) is 0. The molecule has 1 amide bonds. The Balaban J connectivity index is 1.39. The molecule has 0 bridgehead atoms. The average molecular weight is 363 g/mol. The number of carbonyl (C=O) groups is 1. The SMILES string of the molecule is Cc1ncncc1C(=O)N1CC[C@H](Cc2cnc(-c3nccn3C)cn2)C1. The summed E-state index contributed by atoms with van der Waals surface area (Å²) in [6.07, 6.45) is 12.0. The largest absolute Gasteiger partial charge is 0.338 e. The first-order chi connectivity index (χ1) is 13.1. The summed E-state index contributed by atoms with van der Waals surface area (Å²) in [4.78, 5) is 36.0. The summed E-state index contributed by atoms with van der Waals surface area (Å²) < 4.78 is 1.92. The normalized spacial score (nSPS) is 16.7. The summed E-state index contributed by atoms with van der Waals surface area (Å²) in [6.45, 7) is 3.30. The van der Waals surface area contributed by atoms with Crippen LogP contribution in [-0.2, 0) is 13.5 Å². The monoisotopic (exact) mass is 363 g/mol. The van der Waals surface area contributed by atoms with Gasteiger partial charge in [-0.1, -0.05) is 0 Å². The highest BCUT2D eigenvalue weighted by atomic mass is 16.2. The molecule has 0 spiro atoms. The van der Waals surface area contributed by atoms with Crippen LogP contribution in [0.1, 0.15) is 28.2 Å². The van der Waals surface area contributed by atoms with Crippen molar-refractivity contribution in [1.82, 2.24) is 34.4 Å². The molecule has 4 rings (SSSR count). The minimum atomic E-state index is 0.00631. The number of amides is 1. The van der Waals surface area contributed by atoms with Crippen molar-refractivity contribution < 1.29 is 4.79 Å². The quantitative estimate of drug-likeness (QED) is 0.701. The number of nitrogens with zero attached hydrogens (tertiary/aromatic N) is 7. The molecule has 4 heterocycles. The molecule has 0 unspecified atom stereocenters. The highest BCUT2D eigenvalue weighted by molar-refractivity contribution is 5.95. The summed E-state index contributed by atoms with van der Waals surface area (Å²) in [6, 6.07) is 0. The lowest BCUT2D eigenvalue weighted by Crippen LogP contribution is -2.29. The third-order valence-electron chi connectivity index (χ3n) is 4.97. The molecule has 3 aromatic rings. The maximum Gasteiger partial charge on any atom is 0.257 e. The fourth-order valence-electron chi connectivity index (χ4n) is 3.44. The average Bonchev–Trinajstić information content (AvgIpc) is 3.31. The molecule has 0 aliphatic carbocycles. The maximum atomic E-state index is 12.7. The van der Waals surface area contributed by atoms with E-state index >= 15 is 0 Å². The van der Waals surface area contributed by atoms with E-state index in [2.05, 4.69) is 24.9 Å². The third-order valence-corrected chi connectivity index (χ3v) is 4.97. The van der Waals surface area contributed by atoms with Gasteiger partial charge in [0.25, 0.3) is 5.91 Å². The number of aromatic nitrogens is 6. The Kier molecular flexibility index (Phi) is 4.62. The number of imidazole rings is 1. The van der Waals surface area contributed by atoms with Gasteiger partial charge in [0.2, 0.25) is 0 Å². The zero-order valence-corrected chi connectivity index (χ0v) is 15.4. The van der Waals surface area contributed by atoms with E-state index in [4.69, 9.17) is 0 Å². The predicted molar refractivity (Wildman–Crippen MR) is 98.7 cm³/mol. The molecular weight excluding hydrogens is 342 g/mol.